The van der Waals surface area contributed by atoms with E-state index >= 15 is 0 Å². The number of ketones is 1. The summed E-state index contributed by atoms with van der Waals surface area (Å²) in [5, 5.41) is 4.22. The molecule has 1 aliphatic rings. The topological polar surface area (TPSA) is 17.1 Å². The van der Waals surface area contributed by atoms with Crippen LogP contribution < -0.4 is 0 Å². The molecule has 0 spiro atoms. The van der Waals surface area contributed by atoms with E-state index in [1.807, 2.05) is 18.2 Å². The largest absolute Gasteiger partial charge is 0.293 e. The number of rotatable bonds is 3. The number of Topliss-reactive ketones (excluding diaryl/α,β-unsaturated/α-hetero) is 1. The van der Waals surface area contributed by atoms with Gasteiger partial charge in [0.15, 0.2) is 5.78 Å². The first-order valence-corrected chi connectivity index (χ1v) is 9.20. The van der Waals surface area contributed by atoms with E-state index in [1.165, 1.54) is 16.7 Å². The van der Waals surface area contributed by atoms with Crippen molar-refractivity contribution in [2.45, 2.75) is 19.3 Å². The number of thiophene rings is 1. The van der Waals surface area contributed by atoms with E-state index in [9.17, 15) is 4.79 Å². The van der Waals surface area contributed by atoms with Gasteiger partial charge in [-0.05, 0) is 57.1 Å². The Bertz CT molecular complexity index is 901. The normalized spacial score (nSPS) is 16.6. The van der Waals surface area contributed by atoms with Crippen LogP contribution >= 0.6 is 11.3 Å². The maximum atomic E-state index is 13.0. The minimum atomic E-state index is -0.0299. The van der Waals surface area contributed by atoms with Crippen LogP contribution in [0.15, 0.2) is 65.4 Å². The summed E-state index contributed by atoms with van der Waals surface area (Å²) in [6.45, 7) is 2.09. The van der Waals surface area contributed by atoms with Crippen molar-refractivity contribution in [1.82, 2.24) is 0 Å². The summed E-state index contributed by atoms with van der Waals surface area (Å²) in [6, 6.07) is 18.7. The van der Waals surface area contributed by atoms with Gasteiger partial charge in [0.25, 0.3) is 0 Å². The molecule has 0 amide bonds. The van der Waals surface area contributed by atoms with Crippen LogP contribution in [0.2, 0.25) is 0 Å². The monoisotopic (exact) mass is 330 g/mol. The van der Waals surface area contributed by atoms with Crippen LogP contribution in [0.25, 0.3) is 22.8 Å². The van der Waals surface area contributed by atoms with Crippen LogP contribution in [-0.2, 0) is 4.79 Å². The number of carbonyl (C=O) groups excluding carboxylic acids is 1. The van der Waals surface area contributed by atoms with Gasteiger partial charge in [0.2, 0.25) is 0 Å². The van der Waals surface area contributed by atoms with E-state index in [2.05, 4.69) is 60.1 Å². The van der Waals surface area contributed by atoms with Gasteiger partial charge in [-0.2, -0.15) is 11.3 Å². The Hall–Kier alpha value is -2.45. The predicted molar refractivity (Wildman–Crippen MR) is 102 cm³/mol. The Morgan fingerprint density at radius 1 is 0.917 bits per heavy atom. The highest BCUT2D eigenvalue weighted by Gasteiger charge is 2.28. The molecule has 4 rings (SSSR count). The molecule has 1 unspecified atom stereocenters. The smallest absolute Gasteiger partial charge is 0.170 e. The Kier molecular flexibility index (Phi) is 3.91. The van der Waals surface area contributed by atoms with Gasteiger partial charge in [-0.1, -0.05) is 55.5 Å². The maximum Gasteiger partial charge on any atom is 0.170 e. The van der Waals surface area contributed by atoms with Gasteiger partial charge in [-0.15, -0.1) is 0 Å². The molecule has 0 radical (unpaired) electrons. The van der Waals surface area contributed by atoms with Gasteiger partial charge in [0, 0.05) is 11.5 Å². The predicted octanol–water partition coefficient (Wildman–Crippen LogP) is 6.03. The first-order chi connectivity index (χ1) is 11.8. The van der Waals surface area contributed by atoms with Crippen LogP contribution in [0, 0.1) is 0 Å². The number of hydrogen-bond acceptors (Lipinski definition) is 2. The lowest BCUT2D eigenvalue weighted by molar-refractivity contribution is -0.115. The summed E-state index contributed by atoms with van der Waals surface area (Å²) in [5.41, 5.74) is 6.58. The van der Waals surface area contributed by atoms with Gasteiger partial charge < -0.3 is 0 Å². The van der Waals surface area contributed by atoms with Crippen molar-refractivity contribution in [3.8, 4) is 11.1 Å². The molecule has 0 fully saturated rings. The van der Waals surface area contributed by atoms with Crippen molar-refractivity contribution in [3.63, 3.8) is 0 Å². The summed E-state index contributed by atoms with van der Waals surface area (Å²) >= 11 is 1.70. The zero-order valence-electron chi connectivity index (χ0n) is 13.5. The molecule has 0 N–H and O–H groups in total. The molecule has 118 valence electrons. The average Bonchev–Trinajstić information content (AvgIpc) is 3.16. The quantitative estimate of drug-likeness (QED) is 0.573. The summed E-state index contributed by atoms with van der Waals surface area (Å²) in [7, 11) is 0. The minimum absolute atomic E-state index is 0.0299. The molecule has 1 atom stereocenters. The highest BCUT2D eigenvalue weighted by atomic mass is 32.1. The average molecular weight is 330 g/mol. The summed E-state index contributed by atoms with van der Waals surface area (Å²) in [6.07, 6.45) is 2.88. The molecule has 0 bridgehead atoms. The van der Waals surface area contributed by atoms with Crippen molar-refractivity contribution in [3.05, 3.63) is 82.0 Å². The molecule has 1 nitrogen and oxygen atoms in total. The van der Waals surface area contributed by atoms with Crippen molar-refractivity contribution in [2.75, 3.05) is 0 Å². The highest BCUT2D eigenvalue weighted by Crippen LogP contribution is 2.37. The van der Waals surface area contributed by atoms with Crippen molar-refractivity contribution in [2.24, 2.45) is 0 Å². The standard InChI is InChI=1S/C22H18OS/c1-2-19-20-6-4-3-5-17(20)13-21(22(19)23)16-9-7-15(8-10-16)18-11-12-24-14-18/h3-14,19H,2H2,1H3. The number of fused-ring (bicyclic) bond motifs is 1. The van der Waals surface area contributed by atoms with Gasteiger partial charge in [-0.3, -0.25) is 4.79 Å². The van der Waals surface area contributed by atoms with Crippen LogP contribution in [0.5, 0.6) is 0 Å². The summed E-state index contributed by atoms with van der Waals surface area (Å²) in [5.74, 6) is 0.206. The lowest BCUT2D eigenvalue weighted by atomic mass is 9.78. The van der Waals surface area contributed by atoms with E-state index in [1.54, 1.807) is 11.3 Å². The maximum absolute atomic E-state index is 13.0. The molecule has 1 aromatic heterocycles. The first kappa shape index (κ1) is 15.1. The van der Waals surface area contributed by atoms with Crippen LogP contribution in [0.4, 0.5) is 0 Å². The van der Waals surface area contributed by atoms with Gasteiger partial charge in [0.05, 0.1) is 0 Å². The SMILES string of the molecule is CCC1C(=O)C(c2ccc(-c3ccsc3)cc2)=Cc2ccccc21. The second-order valence-electron chi connectivity index (χ2n) is 6.10. The molecule has 1 heterocycles. The Morgan fingerprint density at radius 2 is 1.67 bits per heavy atom. The van der Waals surface area contributed by atoms with Crippen molar-refractivity contribution >= 4 is 28.8 Å². The zero-order valence-corrected chi connectivity index (χ0v) is 14.3. The Balaban J connectivity index is 1.76. The molecule has 0 saturated carbocycles. The van der Waals surface area contributed by atoms with Crippen molar-refractivity contribution < 1.29 is 4.79 Å². The number of allylic oxidation sites excluding steroid dienone is 1. The third-order valence-corrected chi connectivity index (χ3v) is 5.40. The van der Waals surface area contributed by atoms with Crippen molar-refractivity contribution in [1.29, 1.82) is 0 Å². The van der Waals surface area contributed by atoms with Crippen LogP contribution in [0.1, 0.15) is 36.0 Å². The fourth-order valence-electron chi connectivity index (χ4n) is 3.42. The number of carbonyl (C=O) groups is 1. The van der Waals surface area contributed by atoms with E-state index in [0.29, 0.717) is 0 Å². The lowest BCUT2D eigenvalue weighted by Gasteiger charge is -2.23. The van der Waals surface area contributed by atoms with Gasteiger partial charge >= 0.3 is 0 Å². The van der Waals surface area contributed by atoms with Gasteiger partial charge in [0.1, 0.15) is 0 Å². The zero-order chi connectivity index (χ0) is 16.5. The Labute approximate surface area is 146 Å². The summed E-state index contributed by atoms with van der Waals surface area (Å²) in [4.78, 5) is 13.0. The molecule has 0 saturated heterocycles. The number of benzene rings is 2. The lowest BCUT2D eigenvalue weighted by Crippen LogP contribution is -2.18. The second kappa shape index (κ2) is 6.21. The highest BCUT2D eigenvalue weighted by molar-refractivity contribution is 7.08. The van der Waals surface area contributed by atoms with Crippen LogP contribution in [0.3, 0.4) is 0 Å². The molecule has 2 heteroatoms. The third kappa shape index (κ3) is 2.53. The van der Waals surface area contributed by atoms with Crippen LogP contribution in [-0.4, -0.2) is 5.78 Å². The van der Waals surface area contributed by atoms with E-state index < -0.39 is 0 Å². The molecular formula is C22H18OS. The molecular weight excluding hydrogens is 312 g/mol. The van der Waals surface area contributed by atoms with E-state index in [0.717, 1.165) is 23.1 Å². The molecule has 24 heavy (non-hydrogen) atoms. The van der Waals surface area contributed by atoms with Gasteiger partial charge in [-0.25, -0.2) is 0 Å². The second-order valence-corrected chi connectivity index (χ2v) is 6.88. The first-order valence-electron chi connectivity index (χ1n) is 8.25. The molecule has 1 aliphatic carbocycles. The molecule has 3 aromatic rings. The number of hydrogen-bond donors (Lipinski definition) is 0. The van der Waals surface area contributed by atoms with E-state index in [-0.39, 0.29) is 11.7 Å². The fraction of sp³-hybridized carbons (Fsp3) is 0.136. The minimum Gasteiger partial charge on any atom is -0.293 e. The third-order valence-electron chi connectivity index (χ3n) is 4.71. The fourth-order valence-corrected chi connectivity index (χ4v) is 4.08. The summed E-state index contributed by atoms with van der Waals surface area (Å²) < 4.78 is 0. The van der Waals surface area contributed by atoms with E-state index in [4.69, 9.17) is 0 Å². The Morgan fingerprint density at radius 3 is 2.38 bits per heavy atom. The molecule has 2 aromatic carbocycles. The molecule has 0 aliphatic heterocycles.